The van der Waals surface area contributed by atoms with Crippen LogP contribution in [0.4, 0.5) is 0 Å². The van der Waals surface area contributed by atoms with Gasteiger partial charge in [-0.05, 0) is 0 Å². The summed E-state index contributed by atoms with van der Waals surface area (Å²) in [7, 11) is 0.108. The molecular weight excluding hydrogens is 85.0 g/mol. The number of carbonyl (C=O) groups excluding carboxylic acids is 1. The van der Waals surface area contributed by atoms with Gasteiger partial charge >= 0.3 is 0 Å². The number of rotatable bonds is 1. The molecule has 0 saturated heterocycles. The Morgan fingerprint density at radius 1 is 2.00 bits per heavy atom. The minimum Gasteiger partial charge on any atom is -0.288 e. The molecule has 0 radical (unpaired) electrons. The van der Waals surface area contributed by atoms with E-state index in [4.69, 9.17) is 5.16 Å². The standard InChI is InChI=1S/C2H4NOP/c1-2(4)5-3/h3H,1H3. The lowest BCUT2D eigenvalue weighted by molar-refractivity contribution is -0.109. The van der Waals surface area contributed by atoms with Gasteiger partial charge < -0.3 is 0 Å². The van der Waals surface area contributed by atoms with Crippen LogP contribution >= 0.6 is 8.37 Å². The van der Waals surface area contributed by atoms with Crippen molar-refractivity contribution in [1.29, 1.82) is 5.16 Å². The first-order chi connectivity index (χ1) is 2.27. The lowest BCUT2D eigenvalue weighted by Gasteiger charge is -1.59. The molecule has 0 fully saturated rings. The van der Waals surface area contributed by atoms with Gasteiger partial charge in [0, 0.05) is 6.92 Å². The highest BCUT2D eigenvalue weighted by Gasteiger charge is 1.73. The molecule has 0 heterocycles. The summed E-state index contributed by atoms with van der Waals surface area (Å²) in [6, 6.07) is 0. The Bertz CT molecular complexity index is 60.7. The van der Waals surface area contributed by atoms with E-state index in [9.17, 15) is 4.79 Å². The van der Waals surface area contributed by atoms with E-state index in [0.717, 1.165) is 0 Å². The summed E-state index contributed by atoms with van der Waals surface area (Å²) in [6.45, 7) is 1.38. The summed E-state index contributed by atoms with van der Waals surface area (Å²) in [5.41, 5.74) is -0.106. The lowest BCUT2D eigenvalue weighted by Crippen LogP contribution is -1.63. The normalized spacial score (nSPS) is 8.20. The average molecular weight is 89.0 g/mol. The second-order valence-corrected chi connectivity index (χ2v) is 1.48. The summed E-state index contributed by atoms with van der Waals surface area (Å²) in [6.07, 6.45) is 0. The molecule has 0 aliphatic heterocycles. The van der Waals surface area contributed by atoms with Gasteiger partial charge in [-0.1, -0.05) is 0 Å². The fraction of sp³-hybridized carbons (Fsp3) is 0.500. The van der Waals surface area contributed by atoms with Crippen LogP contribution < -0.4 is 0 Å². The Hall–Kier alpha value is -0.230. The summed E-state index contributed by atoms with van der Waals surface area (Å²) in [4.78, 5) is 9.61. The van der Waals surface area contributed by atoms with E-state index < -0.39 is 0 Å². The SMILES string of the molecule is CC(=O)P=N. The van der Waals surface area contributed by atoms with Crippen LogP contribution in [0.3, 0.4) is 0 Å². The Labute approximate surface area is 31.9 Å². The van der Waals surface area contributed by atoms with Crippen molar-refractivity contribution in [2.75, 3.05) is 0 Å². The molecule has 1 N–H and O–H groups in total. The maximum absolute atomic E-state index is 9.61. The van der Waals surface area contributed by atoms with Crippen LogP contribution in [0, 0.1) is 5.16 Å². The zero-order chi connectivity index (χ0) is 4.28. The van der Waals surface area contributed by atoms with E-state index in [1.165, 1.54) is 6.92 Å². The second kappa shape index (κ2) is 2.04. The van der Waals surface area contributed by atoms with Gasteiger partial charge in [0.1, 0.15) is 0 Å². The monoisotopic (exact) mass is 89.0 g/mol. The van der Waals surface area contributed by atoms with Crippen LogP contribution in [0.25, 0.3) is 0 Å². The molecule has 0 rings (SSSR count). The summed E-state index contributed by atoms with van der Waals surface area (Å²) >= 11 is 0. The van der Waals surface area contributed by atoms with Crippen molar-refractivity contribution in [2.24, 2.45) is 0 Å². The predicted octanol–water partition coefficient (Wildman–Crippen LogP) is 1.24. The van der Waals surface area contributed by atoms with Gasteiger partial charge in [-0.25, -0.2) is 0 Å². The zero-order valence-electron chi connectivity index (χ0n) is 2.86. The molecule has 3 heteroatoms. The molecule has 0 saturated carbocycles. The Balaban J connectivity index is 3.20. The fourth-order valence-corrected chi connectivity index (χ4v) is 0. The van der Waals surface area contributed by atoms with Crippen molar-refractivity contribution in [3.8, 4) is 0 Å². The summed E-state index contributed by atoms with van der Waals surface area (Å²) in [5, 5.41) is 6.28. The van der Waals surface area contributed by atoms with E-state index in [1.54, 1.807) is 0 Å². The number of hydrogen-bond donors (Lipinski definition) is 1. The van der Waals surface area contributed by atoms with Gasteiger partial charge in [0.05, 0.1) is 8.37 Å². The third kappa shape index (κ3) is 3.77. The quantitative estimate of drug-likeness (QED) is 0.482. The molecule has 5 heavy (non-hydrogen) atoms. The van der Waals surface area contributed by atoms with Crippen LogP contribution in [0.15, 0.2) is 0 Å². The Morgan fingerprint density at radius 3 is 2.20 bits per heavy atom. The van der Waals surface area contributed by atoms with Crippen LogP contribution in [0.5, 0.6) is 0 Å². The second-order valence-electron chi connectivity index (χ2n) is 0.631. The molecular formula is C2H4NOP. The van der Waals surface area contributed by atoms with E-state index in [1.807, 2.05) is 0 Å². The predicted molar refractivity (Wildman–Crippen MR) is 20.3 cm³/mol. The van der Waals surface area contributed by atoms with Crippen LogP contribution in [0.2, 0.25) is 0 Å². The van der Waals surface area contributed by atoms with Crippen LogP contribution in [0.1, 0.15) is 6.92 Å². The van der Waals surface area contributed by atoms with Crippen molar-refractivity contribution in [3.05, 3.63) is 0 Å². The van der Waals surface area contributed by atoms with Crippen molar-refractivity contribution >= 4 is 13.9 Å². The highest BCUT2D eigenvalue weighted by Crippen LogP contribution is 1.89. The molecule has 0 aromatic rings. The van der Waals surface area contributed by atoms with Gasteiger partial charge in [0.2, 0.25) is 0 Å². The van der Waals surface area contributed by atoms with Gasteiger partial charge in [0.15, 0.2) is 5.52 Å². The Kier molecular flexibility index (Phi) is 1.94. The molecule has 0 aromatic carbocycles. The molecule has 28 valence electrons. The molecule has 0 bridgehead atoms. The third-order valence-corrected chi connectivity index (χ3v) is 0.472. The molecule has 0 spiro atoms. The van der Waals surface area contributed by atoms with Gasteiger partial charge in [0.25, 0.3) is 0 Å². The molecule has 2 nitrogen and oxygen atoms in total. The number of nitrogens with one attached hydrogen (secondary N) is 1. The first-order valence-corrected chi connectivity index (χ1v) is 2.05. The van der Waals surface area contributed by atoms with E-state index in [-0.39, 0.29) is 13.9 Å². The maximum atomic E-state index is 9.61. The average Bonchev–Trinajstić information content (AvgIpc) is 1.38. The third-order valence-electron chi connectivity index (χ3n) is 0.157. The molecule has 0 amide bonds. The van der Waals surface area contributed by atoms with Gasteiger partial charge in [-0.3, -0.25) is 9.96 Å². The number of carbonyl (C=O) groups is 1. The molecule has 0 atom stereocenters. The van der Waals surface area contributed by atoms with Gasteiger partial charge in [-0.15, -0.1) is 0 Å². The fourth-order valence-electron chi connectivity index (χ4n) is 0. The van der Waals surface area contributed by atoms with E-state index in [0.29, 0.717) is 0 Å². The van der Waals surface area contributed by atoms with Crippen molar-refractivity contribution < 1.29 is 4.79 Å². The number of hydrogen-bond acceptors (Lipinski definition) is 2. The first kappa shape index (κ1) is 4.77. The highest BCUT2D eigenvalue weighted by molar-refractivity contribution is 7.46. The lowest BCUT2D eigenvalue weighted by atomic mass is 10.9. The van der Waals surface area contributed by atoms with E-state index in [2.05, 4.69) is 0 Å². The molecule has 0 aromatic heterocycles. The first-order valence-electron chi connectivity index (χ1n) is 1.15. The minimum atomic E-state index is -0.106. The Morgan fingerprint density at radius 2 is 2.20 bits per heavy atom. The van der Waals surface area contributed by atoms with Crippen molar-refractivity contribution in [1.82, 2.24) is 0 Å². The largest absolute Gasteiger partial charge is 0.288 e. The molecule has 0 aliphatic carbocycles. The maximum Gasteiger partial charge on any atom is 0.196 e. The van der Waals surface area contributed by atoms with Crippen LogP contribution in [-0.4, -0.2) is 5.52 Å². The summed E-state index contributed by atoms with van der Waals surface area (Å²) < 4.78 is 0. The van der Waals surface area contributed by atoms with Crippen molar-refractivity contribution in [3.63, 3.8) is 0 Å². The zero-order valence-corrected chi connectivity index (χ0v) is 3.75. The van der Waals surface area contributed by atoms with Gasteiger partial charge in [-0.2, -0.15) is 0 Å². The van der Waals surface area contributed by atoms with E-state index >= 15 is 0 Å². The minimum absolute atomic E-state index is 0.106. The topological polar surface area (TPSA) is 40.9 Å². The van der Waals surface area contributed by atoms with Crippen molar-refractivity contribution in [2.45, 2.75) is 6.92 Å². The highest BCUT2D eigenvalue weighted by atomic mass is 31.1. The molecule has 0 unspecified atom stereocenters. The smallest absolute Gasteiger partial charge is 0.196 e. The summed E-state index contributed by atoms with van der Waals surface area (Å²) in [5.74, 6) is 0. The molecule has 0 aliphatic rings. The van der Waals surface area contributed by atoms with Crippen LogP contribution in [-0.2, 0) is 4.79 Å².